The van der Waals surface area contributed by atoms with Gasteiger partial charge in [-0.3, -0.25) is 14.0 Å². The van der Waals surface area contributed by atoms with Gasteiger partial charge < -0.3 is 4.98 Å². The zero-order chi connectivity index (χ0) is 23.1. The number of nitrogens with one attached hydrogen (secondary N) is 1. The first kappa shape index (κ1) is 20.5. The van der Waals surface area contributed by atoms with Crippen LogP contribution in [0.3, 0.4) is 0 Å². The summed E-state index contributed by atoms with van der Waals surface area (Å²) in [4.78, 5) is 43.1. The molecule has 0 amide bonds. The van der Waals surface area contributed by atoms with Gasteiger partial charge in [-0.15, -0.1) is 0 Å². The fraction of sp³-hybridized carbons (Fsp3) is 0.500. The molecule has 1 saturated carbocycles. The number of aromatic nitrogens is 5. The van der Waals surface area contributed by atoms with Crippen LogP contribution in [0.5, 0.6) is 0 Å². The van der Waals surface area contributed by atoms with Crippen molar-refractivity contribution in [2.24, 2.45) is 22.7 Å². The Labute approximate surface area is 191 Å². The smallest absolute Gasteiger partial charge is 0.208 e. The minimum Gasteiger partial charge on any atom is -0.329 e. The van der Waals surface area contributed by atoms with Crippen molar-refractivity contribution in [3.8, 4) is 0 Å². The summed E-state index contributed by atoms with van der Waals surface area (Å²) in [6.45, 7) is 9.33. The maximum atomic E-state index is 13.9. The van der Waals surface area contributed by atoms with Crippen LogP contribution in [0, 0.1) is 22.7 Å². The van der Waals surface area contributed by atoms with Crippen molar-refractivity contribution >= 4 is 27.8 Å². The Kier molecular flexibility index (Phi) is 4.17. The third-order valence-electron chi connectivity index (χ3n) is 9.26. The molecule has 7 nitrogen and oxygen atoms in total. The molecule has 7 heteroatoms. The summed E-state index contributed by atoms with van der Waals surface area (Å²) in [7, 11) is 0. The molecule has 1 N–H and O–H groups in total. The molecule has 3 heterocycles. The maximum absolute atomic E-state index is 13.9. The molecule has 0 bridgehead atoms. The molecule has 170 valence electrons. The average Bonchev–Trinajstić information content (AvgIpc) is 3.22. The Bertz CT molecular complexity index is 1570. The standard InChI is InChI=1S/C26H29N5O2/c1-14-6-5-7-18-25(14,3)9-8-15(2)26(18,4)11-16-10-17(32)19-20(22(16)33)31-13-29-23-21(31)24(30-19)28-12-27-23/h6,10,12-13,15,18H,5,7-9,11H2,1-4H3,(H,27,28,30)/t15?,18?,25?,26-/m1/s1. The SMILES string of the molecule is CC1=CCCC2C1(C)CCC(C)[C@@]2(C)Cc1cc(=O)c2nc3[nH]cnc4ncn(c2c1=O)c43. The Balaban J connectivity index is 1.56. The Hall–Kier alpha value is -3.09. The lowest BCUT2D eigenvalue weighted by Crippen LogP contribution is -2.51. The van der Waals surface area contributed by atoms with E-state index in [4.69, 9.17) is 0 Å². The molecule has 4 atom stereocenters. The van der Waals surface area contributed by atoms with Crippen LogP contribution >= 0.6 is 0 Å². The Morgan fingerprint density at radius 3 is 2.82 bits per heavy atom. The van der Waals surface area contributed by atoms with Gasteiger partial charge in [0, 0.05) is 5.56 Å². The van der Waals surface area contributed by atoms with Gasteiger partial charge in [0.25, 0.3) is 0 Å². The van der Waals surface area contributed by atoms with E-state index in [0.717, 1.165) is 19.3 Å². The highest BCUT2D eigenvalue weighted by molar-refractivity contribution is 5.93. The number of fused-ring (bicyclic) bond motifs is 3. The van der Waals surface area contributed by atoms with E-state index < -0.39 is 0 Å². The van der Waals surface area contributed by atoms with Crippen LogP contribution in [0.4, 0.5) is 0 Å². The highest BCUT2D eigenvalue weighted by Gasteiger charge is 2.53. The molecule has 3 aromatic heterocycles. The lowest BCUT2D eigenvalue weighted by Gasteiger charge is -2.58. The summed E-state index contributed by atoms with van der Waals surface area (Å²) in [6, 6.07) is 1.54. The number of nitrogens with zero attached hydrogens (tertiary/aromatic N) is 4. The predicted molar refractivity (Wildman–Crippen MR) is 129 cm³/mol. The third-order valence-corrected chi connectivity index (χ3v) is 9.26. The van der Waals surface area contributed by atoms with Crippen LogP contribution in [0.15, 0.2) is 40.0 Å². The minimum atomic E-state index is -0.216. The lowest BCUT2D eigenvalue weighted by atomic mass is 9.47. The number of imidazole rings is 1. The lowest BCUT2D eigenvalue weighted by molar-refractivity contribution is -0.0410. The number of aromatic amines is 1. The Morgan fingerprint density at radius 2 is 2.00 bits per heavy atom. The van der Waals surface area contributed by atoms with E-state index in [9.17, 15) is 9.59 Å². The van der Waals surface area contributed by atoms with Crippen molar-refractivity contribution in [3.63, 3.8) is 0 Å². The van der Waals surface area contributed by atoms with E-state index in [1.807, 2.05) is 0 Å². The van der Waals surface area contributed by atoms with Gasteiger partial charge in [-0.25, -0.2) is 15.0 Å². The van der Waals surface area contributed by atoms with Crippen LogP contribution in [0.2, 0.25) is 0 Å². The normalized spacial score (nSPS) is 30.1. The number of H-pyrrole nitrogens is 1. The monoisotopic (exact) mass is 443 g/mol. The number of benzene rings is 1. The number of hydrogen-bond acceptors (Lipinski definition) is 5. The van der Waals surface area contributed by atoms with E-state index in [0.29, 0.717) is 46.1 Å². The van der Waals surface area contributed by atoms with Crippen molar-refractivity contribution < 1.29 is 0 Å². The van der Waals surface area contributed by atoms with Gasteiger partial charge >= 0.3 is 0 Å². The second-order valence-corrected chi connectivity index (χ2v) is 10.8. The molecular weight excluding hydrogens is 414 g/mol. The number of rotatable bonds is 2. The highest BCUT2D eigenvalue weighted by atomic mass is 16.1. The van der Waals surface area contributed by atoms with Gasteiger partial charge in [0.15, 0.2) is 11.3 Å². The molecule has 1 aromatic carbocycles. The molecule has 6 rings (SSSR count). The first-order valence-electron chi connectivity index (χ1n) is 11.9. The summed E-state index contributed by atoms with van der Waals surface area (Å²) >= 11 is 0. The van der Waals surface area contributed by atoms with E-state index in [-0.39, 0.29) is 27.2 Å². The van der Waals surface area contributed by atoms with Crippen LogP contribution in [0.25, 0.3) is 27.8 Å². The van der Waals surface area contributed by atoms with Crippen LogP contribution < -0.4 is 10.9 Å². The van der Waals surface area contributed by atoms with Gasteiger partial charge in [-0.1, -0.05) is 32.4 Å². The quantitative estimate of drug-likeness (QED) is 0.369. The first-order chi connectivity index (χ1) is 15.7. The van der Waals surface area contributed by atoms with E-state index in [2.05, 4.69) is 53.7 Å². The summed E-state index contributed by atoms with van der Waals surface area (Å²) in [5, 5.41) is 0. The predicted octanol–water partition coefficient (Wildman–Crippen LogP) is 4.26. The van der Waals surface area contributed by atoms with Gasteiger partial charge in [0.05, 0.1) is 6.33 Å². The van der Waals surface area contributed by atoms with E-state index >= 15 is 0 Å². The molecule has 0 saturated heterocycles. The molecule has 1 fully saturated rings. The second-order valence-electron chi connectivity index (χ2n) is 10.8. The van der Waals surface area contributed by atoms with Gasteiger partial charge in [0.2, 0.25) is 10.9 Å². The Morgan fingerprint density at radius 1 is 1.18 bits per heavy atom. The number of hydrogen-bond donors (Lipinski definition) is 1. The second kappa shape index (κ2) is 6.72. The van der Waals surface area contributed by atoms with Gasteiger partial charge in [-0.2, -0.15) is 0 Å². The zero-order valence-corrected chi connectivity index (χ0v) is 19.6. The minimum absolute atomic E-state index is 0.0638. The molecule has 0 spiro atoms. The van der Waals surface area contributed by atoms with Crippen molar-refractivity contribution in [2.75, 3.05) is 0 Å². The molecule has 3 unspecified atom stereocenters. The van der Waals surface area contributed by atoms with Crippen LogP contribution in [-0.2, 0) is 6.42 Å². The molecule has 4 aromatic rings. The largest absolute Gasteiger partial charge is 0.329 e. The summed E-state index contributed by atoms with van der Waals surface area (Å²) < 4.78 is 1.69. The van der Waals surface area contributed by atoms with Crippen molar-refractivity contribution in [1.82, 2.24) is 24.3 Å². The van der Waals surface area contributed by atoms with E-state index in [1.165, 1.54) is 18.3 Å². The van der Waals surface area contributed by atoms with Crippen molar-refractivity contribution in [2.45, 2.75) is 59.8 Å². The zero-order valence-electron chi connectivity index (χ0n) is 19.6. The summed E-state index contributed by atoms with van der Waals surface area (Å²) in [6.07, 6.45) is 10.6. The fourth-order valence-corrected chi connectivity index (χ4v) is 6.99. The summed E-state index contributed by atoms with van der Waals surface area (Å²) in [5.41, 5.74) is 3.96. The summed E-state index contributed by atoms with van der Waals surface area (Å²) in [5.74, 6) is 0.949. The topological polar surface area (TPSA) is 93.0 Å². The first-order valence-corrected chi connectivity index (χ1v) is 11.9. The third kappa shape index (κ3) is 2.65. The van der Waals surface area contributed by atoms with Gasteiger partial charge in [-0.05, 0) is 67.8 Å². The van der Waals surface area contributed by atoms with Crippen molar-refractivity contribution in [1.29, 1.82) is 0 Å². The van der Waals surface area contributed by atoms with Crippen LogP contribution in [-0.4, -0.2) is 24.3 Å². The van der Waals surface area contributed by atoms with Crippen molar-refractivity contribution in [3.05, 3.63) is 56.4 Å². The maximum Gasteiger partial charge on any atom is 0.208 e. The average molecular weight is 444 g/mol. The van der Waals surface area contributed by atoms with E-state index in [1.54, 1.807) is 16.8 Å². The fourth-order valence-electron chi connectivity index (χ4n) is 6.99. The number of allylic oxidation sites excluding steroid dienone is 2. The molecule has 0 radical (unpaired) electrons. The highest BCUT2D eigenvalue weighted by Crippen LogP contribution is 2.61. The molecule has 2 aliphatic carbocycles. The molecule has 2 aliphatic rings. The van der Waals surface area contributed by atoms with Gasteiger partial charge in [0.1, 0.15) is 22.9 Å². The van der Waals surface area contributed by atoms with Crippen LogP contribution in [0.1, 0.15) is 58.9 Å². The molecular formula is C26H29N5O2. The molecule has 33 heavy (non-hydrogen) atoms. The molecule has 0 aliphatic heterocycles.